The van der Waals surface area contributed by atoms with Crippen LogP contribution in [-0.4, -0.2) is 16.3 Å². The summed E-state index contributed by atoms with van der Waals surface area (Å²) in [6.45, 7) is 5.80. The Balaban J connectivity index is 2.79. The van der Waals surface area contributed by atoms with E-state index in [9.17, 15) is 0 Å². The molecule has 0 unspecified atom stereocenters. The molecule has 1 aromatic heterocycles. The van der Waals surface area contributed by atoms with Crippen molar-refractivity contribution in [1.29, 1.82) is 0 Å². The van der Waals surface area contributed by atoms with Crippen LogP contribution in [0.15, 0.2) is 12.3 Å². The molecule has 1 rings (SSSR count). The highest BCUT2D eigenvalue weighted by Crippen LogP contribution is 2.09. The summed E-state index contributed by atoms with van der Waals surface area (Å²) in [5.41, 5.74) is 7.76. The lowest BCUT2D eigenvalue weighted by atomic mass is 10.2. The van der Waals surface area contributed by atoms with Crippen molar-refractivity contribution in [1.82, 2.24) is 9.78 Å². The number of hydrogen-bond donors (Lipinski definition) is 1. The number of nitrogens with two attached hydrogens (primary N) is 1. The molecule has 0 radical (unpaired) electrons. The molecule has 0 spiro atoms. The molecule has 0 bridgehead atoms. The molecular formula is C10H17N3. The van der Waals surface area contributed by atoms with Gasteiger partial charge in [0.2, 0.25) is 0 Å². The van der Waals surface area contributed by atoms with Crippen molar-refractivity contribution >= 4 is 6.08 Å². The quantitative estimate of drug-likeness (QED) is 0.762. The first-order valence-corrected chi connectivity index (χ1v) is 4.68. The average molecular weight is 179 g/mol. The zero-order chi connectivity index (χ0) is 9.68. The maximum absolute atomic E-state index is 5.38. The van der Waals surface area contributed by atoms with Crippen molar-refractivity contribution in [2.45, 2.75) is 26.8 Å². The van der Waals surface area contributed by atoms with Crippen molar-refractivity contribution in [3.05, 3.63) is 23.5 Å². The van der Waals surface area contributed by atoms with Crippen LogP contribution in [0.25, 0.3) is 6.08 Å². The van der Waals surface area contributed by atoms with Gasteiger partial charge in [-0.05, 0) is 13.3 Å². The molecule has 0 saturated heterocycles. The average Bonchev–Trinajstić information content (AvgIpc) is 2.46. The summed E-state index contributed by atoms with van der Waals surface area (Å²) in [5.74, 6) is 0. The van der Waals surface area contributed by atoms with Gasteiger partial charge in [-0.1, -0.05) is 19.1 Å². The van der Waals surface area contributed by atoms with E-state index in [0.29, 0.717) is 6.54 Å². The molecular weight excluding hydrogens is 162 g/mol. The maximum atomic E-state index is 5.38. The number of hydrogen-bond acceptors (Lipinski definition) is 2. The summed E-state index contributed by atoms with van der Waals surface area (Å²) < 4.78 is 2.02. The molecule has 3 nitrogen and oxygen atoms in total. The molecule has 0 aliphatic rings. The van der Waals surface area contributed by atoms with Gasteiger partial charge in [0, 0.05) is 24.3 Å². The first-order chi connectivity index (χ1) is 6.29. The molecule has 0 aliphatic carbocycles. The molecule has 0 fully saturated rings. The van der Waals surface area contributed by atoms with Crippen LogP contribution >= 0.6 is 0 Å². The highest BCUT2D eigenvalue weighted by Gasteiger charge is 2.01. The van der Waals surface area contributed by atoms with Gasteiger partial charge in [0.1, 0.15) is 0 Å². The van der Waals surface area contributed by atoms with Crippen molar-refractivity contribution in [3.63, 3.8) is 0 Å². The minimum Gasteiger partial charge on any atom is -0.327 e. The van der Waals surface area contributed by atoms with Crippen LogP contribution in [0, 0.1) is 6.92 Å². The third kappa shape index (κ3) is 2.42. The van der Waals surface area contributed by atoms with Gasteiger partial charge < -0.3 is 5.73 Å². The fraction of sp³-hybridized carbons (Fsp3) is 0.500. The Morgan fingerprint density at radius 2 is 2.38 bits per heavy atom. The summed E-state index contributed by atoms with van der Waals surface area (Å²) in [6.07, 6.45) is 6.97. The molecule has 1 aromatic rings. The largest absolute Gasteiger partial charge is 0.327 e. The Bertz CT molecular complexity index is 286. The molecule has 3 heteroatoms. The van der Waals surface area contributed by atoms with Gasteiger partial charge in [0.15, 0.2) is 0 Å². The van der Waals surface area contributed by atoms with Gasteiger partial charge in [-0.25, -0.2) is 0 Å². The second-order valence-electron chi connectivity index (χ2n) is 3.05. The van der Waals surface area contributed by atoms with Gasteiger partial charge in [-0.3, -0.25) is 4.68 Å². The predicted octanol–water partition coefficient (Wildman–Crippen LogP) is 1.57. The second-order valence-corrected chi connectivity index (χ2v) is 3.05. The van der Waals surface area contributed by atoms with Gasteiger partial charge in [-0.2, -0.15) is 5.10 Å². The molecule has 0 aromatic carbocycles. The normalized spacial score (nSPS) is 11.3. The highest BCUT2D eigenvalue weighted by atomic mass is 15.3. The maximum Gasteiger partial charge on any atom is 0.0564 e. The summed E-state index contributed by atoms with van der Waals surface area (Å²) >= 11 is 0. The van der Waals surface area contributed by atoms with Crippen molar-refractivity contribution in [2.75, 3.05) is 6.54 Å². The SMILES string of the molecule is CCCn1ncc(C=CCN)c1C. The number of aryl methyl sites for hydroxylation is 1. The zero-order valence-corrected chi connectivity index (χ0v) is 8.33. The standard InChI is InChI=1S/C10H17N3/c1-3-7-13-9(2)10(8-12-13)5-4-6-11/h4-5,8H,3,6-7,11H2,1-2H3. The van der Waals surface area contributed by atoms with E-state index < -0.39 is 0 Å². The molecule has 72 valence electrons. The molecule has 0 aliphatic heterocycles. The van der Waals surface area contributed by atoms with E-state index in [2.05, 4.69) is 18.9 Å². The Morgan fingerprint density at radius 1 is 1.62 bits per heavy atom. The third-order valence-corrected chi connectivity index (χ3v) is 2.01. The van der Waals surface area contributed by atoms with Gasteiger partial charge >= 0.3 is 0 Å². The Morgan fingerprint density at radius 3 is 3.00 bits per heavy atom. The van der Waals surface area contributed by atoms with Crippen molar-refractivity contribution < 1.29 is 0 Å². The Labute approximate surface area is 79.2 Å². The zero-order valence-electron chi connectivity index (χ0n) is 8.33. The predicted molar refractivity (Wildman–Crippen MR) is 55.3 cm³/mol. The lowest BCUT2D eigenvalue weighted by Crippen LogP contribution is -2.00. The summed E-state index contributed by atoms with van der Waals surface area (Å²) in [6, 6.07) is 0. The van der Waals surface area contributed by atoms with Crippen molar-refractivity contribution in [2.24, 2.45) is 5.73 Å². The van der Waals surface area contributed by atoms with Crippen LogP contribution in [0.2, 0.25) is 0 Å². The number of aromatic nitrogens is 2. The summed E-state index contributed by atoms with van der Waals surface area (Å²) in [5, 5.41) is 4.28. The van der Waals surface area contributed by atoms with Crippen molar-refractivity contribution in [3.8, 4) is 0 Å². The first kappa shape index (κ1) is 9.99. The number of nitrogens with zero attached hydrogens (tertiary/aromatic N) is 2. The van der Waals surface area contributed by atoms with Gasteiger partial charge in [-0.15, -0.1) is 0 Å². The van der Waals surface area contributed by atoms with E-state index in [-0.39, 0.29) is 0 Å². The number of rotatable bonds is 4. The second kappa shape index (κ2) is 4.82. The molecule has 2 N–H and O–H groups in total. The summed E-state index contributed by atoms with van der Waals surface area (Å²) in [4.78, 5) is 0. The molecule has 0 saturated carbocycles. The lowest BCUT2D eigenvalue weighted by Gasteiger charge is -2.00. The monoisotopic (exact) mass is 179 g/mol. The topological polar surface area (TPSA) is 43.8 Å². The minimum atomic E-state index is 0.582. The van der Waals surface area contributed by atoms with Crippen LogP contribution in [0.3, 0.4) is 0 Å². The van der Waals surface area contributed by atoms with E-state index >= 15 is 0 Å². The summed E-state index contributed by atoms with van der Waals surface area (Å²) in [7, 11) is 0. The molecule has 1 heterocycles. The highest BCUT2D eigenvalue weighted by molar-refractivity contribution is 5.50. The molecule has 0 atom stereocenters. The Kier molecular flexibility index (Phi) is 3.71. The van der Waals surface area contributed by atoms with Crippen LogP contribution in [0.5, 0.6) is 0 Å². The fourth-order valence-electron chi connectivity index (χ4n) is 1.26. The third-order valence-electron chi connectivity index (χ3n) is 2.01. The van der Waals surface area contributed by atoms with E-state index in [0.717, 1.165) is 13.0 Å². The van der Waals surface area contributed by atoms with E-state index in [1.807, 2.05) is 23.0 Å². The van der Waals surface area contributed by atoms with E-state index in [1.54, 1.807) is 0 Å². The van der Waals surface area contributed by atoms with Crippen LogP contribution in [0.1, 0.15) is 24.6 Å². The van der Waals surface area contributed by atoms with Gasteiger partial charge in [0.05, 0.1) is 6.20 Å². The fourth-order valence-corrected chi connectivity index (χ4v) is 1.26. The minimum absolute atomic E-state index is 0.582. The Hall–Kier alpha value is -1.09. The first-order valence-electron chi connectivity index (χ1n) is 4.68. The molecule has 0 amide bonds. The lowest BCUT2D eigenvalue weighted by molar-refractivity contribution is 0.587. The smallest absolute Gasteiger partial charge is 0.0564 e. The van der Waals surface area contributed by atoms with Crippen LogP contribution in [-0.2, 0) is 6.54 Å². The van der Waals surface area contributed by atoms with Gasteiger partial charge in [0.25, 0.3) is 0 Å². The van der Waals surface area contributed by atoms with Crippen LogP contribution < -0.4 is 5.73 Å². The van der Waals surface area contributed by atoms with E-state index in [1.165, 1.54) is 11.3 Å². The van der Waals surface area contributed by atoms with E-state index in [4.69, 9.17) is 5.73 Å². The molecule has 13 heavy (non-hydrogen) atoms. The van der Waals surface area contributed by atoms with Crippen LogP contribution in [0.4, 0.5) is 0 Å².